The van der Waals surface area contributed by atoms with Gasteiger partial charge in [-0.2, -0.15) is 0 Å². The number of halogens is 3. The molecule has 1 aromatic rings. The third kappa shape index (κ3) is 4.84. The Kier molecular flexibility index (Phi) is 5.48. The summed E-state index contributed by atoms with van der Waals surface area (Å²) in [5, 5.41) is 0. The van der Waals surface area contributed by atoms with Gasteiger partial charge in [0.15, 0.2) is 0 Å². The van der Waals surface area contributed by atoms with Gasteiger partial charge in [-0.05, 0) is 49.4 Å². The van der Waals surface area contributed by atoms with Crippen molar-refractivity contribution in [3.63, 3.8) is 0 Å². The number of likely N-dealkylation sites (tertiary alicyclic amines) is 1. The number of benzene rings is 1. The number of fused-ring (bicyclic) bond motifs is 1. The number of aryl methyl sites for hydroxylation is 1. The van der Waals surface area contributed by atoms with Crippen molar-refractivity contribution in [2.75, 3.05) is 31.1 Å². The molecule has 0 saturated carbocycles. The van der Waals surface area contributed by atoms with Crippen molar-refractivity contribution in [2.45, 2.75) is 32.0 Å². The Labute approximate surface area is 155 Å². The molecule has 9 heteroatoms. The van der Waals surface area contributed by atoms with E-state index in [-0.39, 0.29) is 30.0 Å². The van der Waals surface area contributed by atoms with Gasteiger partial charge in [-0.15, -0.1) is 13.2 Å². The molecule has 0 spiro atoms. The zero-order chi connectivity index (χ0) is 19.6. The van der Waals surface area contributed by atoms with Gasteiger partial charge >= 0.3 is 6.36 Å². The Balaban J connectivity index is 1.64. The summed E-state index contributed by atoms with van der Waals surface area (Å²) in [7, 11) is 0. The number of primary amides is 1. The number of carbonyl (C=O) groups is 2. The van der Waals surface area contributed by atoms with Gasteiger partial charge in [0.25, 0.3) is 0 Å². The van der Waals surface area contributed by atoms with E-state index in [1.54, 1.807) is 11.0 Å². The van der Waals surface area contributed by atoms with E-state index < -0.39 is 6.36 Å². The average molecular weight is 385 g/mol. The summed E-state index contributed by atoms with van der Waals surface area (Å²) in [5.74, 6) is -0.815. The van der Waals surface area contributed by atoms with Crippen LogP contribution in [0, 0.1) is 5.92 Å². The van der Waals surface area contributed by atoms with Crippen molar-refractivity contribution >= 4 is 17.5 Å². The molecule has 0 atom stereocenters. The van der Waals surface area contributed by atoms with E-state index in [9.17, 15) is 22.8 Å². The molecule has 0 aliphatic carbocycles. The van der Waals surface area contributed by atoms with E-state index in [0.717, 1.165) is 17.7 Å². The van der Waals surface area contributed by atoms with E-state index in [4.69, 9.17) is 5.73 Å². The number of nitrogens with zero attached hydrogens (tertiary/aromatic N) is 2. The van der Waals surface area contributed by atoms with Crippen LogP contribution in [0.25, 0.3) is 0 Å². The first-order valence-corrected chi connectivity index (χ1v) is 8.93. The molecule has 27 heavy (non-hydrogen) atoms. The molecule has 1 saturated heterocycles. The van der Waals surface area contributed by atoms with Crippen LogP contribution >= 0.6 is 0 Å². The zero-order valence-electron chi connectivity index (χ0n) is 14.8. The van der Waals surface area contributed by atoms with Gasteiger partial charge in [0, 0.05) is 31.2 Å². The van der Waals surface area contributed by atoms with Crippen molar-refractivity contribution in [3.8, 4) is 5.75 Å². The minimum Gasteiger partial charge on any atom is -0.406 e. The number of ether oxygens (including phenoxy) is 1. The number of amides is 2. The fourth-order valence-corrected chi connectivity index (χ4v) is 3.69. The van der Waals surface area contributed by atoms with Gasteiger partial charge in [-0.25, -0.2) is 0 Å². The van der Waals surface area contributed by atoms with Gasteiger partial charge in [0.2, 0.25) is 11.8 Å². The lowest BCUT2D eigenvalue weighted by molar-refractivity contribution is -0.274. The minimum absolute atomic E-state index is 0.0543. The van der Waals surface area contributed by atoms with E-state index in [1.807, 2.05) is 4.90 Å². The molecule has 0 aromatic heterocycles. The first kappa shape index (κ1) is 19.3. The highest BCUT2D eigenvalue weighted by Crippen LogP contribution is 2.32. The van der Waals surface area contributed by atoms with Gasteiger partial charge in [-0.3, -0.25) is 9.59 Å². The third-order valence-corrected chi connectivity index (χ3v) is 5.08. The highest BCUT2D eigenvalue weighted by molar-refractivity contribution is 5.83. The molecule has 2 aliphatic heterocycles. The Hall–Kier alpha value is -2.45. The number of nitrogens with two attached hydrogens (primary N) is 1. The summed E-state index contributed by atoms with van der Waals surface area (Å²) in [4.78, 5) is 27.4. The topological polar surface area (TPSA) is 75.9 Å². The lowest BCUT2D eigenvalue weighted by Gasteiger charge is -2.35. The summed E-state index contributed by atoms with van der Waals surface area (Å²) in [5.41, 5.74) is 6.81. The monoisotopic (exact) mass is 385 g/mol. The molecule has 0 bridgehead atoms. The van der Waals surface area contributed by atoms with Crippen LogP contribution in [0.2, 0.25) is 0 Å². The summed E-state index contributed by atoms with van der Waals surface area (Å²) in [6.45, 7) is 1.81. The molecule has 2 aliphatic rings. The number of alkyl halides is 3. The predicted octanol–water partition coefficient (Wildman–Crippen LogP) is 2.06. The van der Waals surface area contributed by atoms with Crippen LogP contribution in [0.4, 0.5) is 18.9 Å². The fraction of sp³-hybridized carbons (Fsp3) is 0.556. The molecule has 0 radical (unpaired) electrons. The largest absolute Gasteiger partial charge is 0.573 e. The van der Waals surface area contributed by atoms with Crippen molar-refractivity contribution < 1.29 is 27.5 Å². The van der Waals surface area contributed by atoms with Gasteiger partial charge < -0.3 is 20.3 Å². The van der Waals surface area contributed by atoms with Crippen molar-refractivity contribution in [1.82, 2.24) is 4.90 Å². The van der Waals surface area contributed by atoms with E-state index in [2.05, 4.69) is 4.74 Å². The Morgan fingerprint density at radius 2 is 1.89 bits per heavy atom. The van der Waals surface area contributed by atoms with Crippen LogP contribution in [-0.2, 0) is 16.0 Å². The minimum atomic E-state index is -4.73. The highest BCUT2D eigenvalue weighted by Gasteiger charge is 2.32. The normalized spacial score (nSPS) is 18.2. The molecule has 2 heterocycles. The first-order chi connectivity index (χ1) is 12.7. The Bertz CT molecular complexity index is 716. The predicted molar refractivity (Wildman–Crippen MR) is 92.2 cm³/mol. The SMILES string of the molecule is NC(=O)C1CCN(C(=O)CN2CCCc3cc(OC(F)(F)F)ccc32)CC1. The maximum Gasteiger partial charge on any atom is 0.573 e. The molecule has 2 amide bonds. The van der Waals surface area contributed by atoms with Crippen LogP contribution < -0.4 is 15.4 Å². The lowest BCUT2D eigenvalue weighted by atomic mass is 9.96. The number of hydrogen-bond donors (Lipinski definition) is 1. The molecular weight excluding hydrogens is 363 g/mol. The molecular formula is C18H22F3N3O3. The summed E-state index contributed by atoms with van der Waals surface area (Å²) in [6, 6.07) is 4.23. The zero-order valence-corrected chi connectivity index (χ0v) is 14.8. The standard InChI is InChI=1S/C18H22F3N3O3/c19-18(20,21)27-14-3-4-15-13(10-14)2-1-7-24(15)11-16(25)23-8-5-12(6-9-23)17(22)26/h3-4,10,12H,1-2,5-9,11H2,(H2,22,26). The molecule has 3 rings (SSSR count). The quantitative estimate of drug-likeness (QED) is 0.861. The first-order valence-electron chi connectivity index (χ1n) is 8.93. The van der Waals surface area contributed by atoms with Crippen molar-refractivity contribution in [2.24, 2.45) is 11.7 Å². The smallest absolute Gasteiger partial charge is 0.406 e. The molecule has 1 fully saturated rings. The fourth-order valence-electron chi connectivity index (χ4n) is 3.69. The molecule has 0 unspecified atom stereocenters. The van der Waals surface area contributed by atoms with Gasteiger partial charge in [0.1, 0.15) is 5.75 Å². The lowest BCUT2D eigenvalue weighted by Crippen LogP contribution is -2.46. The number of hydrogen-bond acceptors (Lipinski definition) is 4. The number of piperidine rings is 1. The molecule has 148 valence electrons. The van der Waals surface area contributed by atoms with E-state index >= 15 is 0 Å². The van der Waals surface area contributed by atoms with Crippen molar-refractivity contribution in [1.29, 1.82) is 0 Å². The third-order valence-electron chi connectivity index (χ3n) is 5.08. The van der Waals surface area contributed by atoms with Gasteiger partial charge in [0.05, 0.1) is 6.54 Å². The molecule has 6 nitrogen and oxygen atoms in total. The second-order valence-electron chi connectivity index (χ2n) is 6.92. The van der Waals surface area contributed by atoms with Crippen LogP contribution in [0.5, 0.6) is 5.75 Å². The van der Waals surface area contributed by atoms with Crippen LogP contribution in [0.1, 0.15) is 24.8 Å². The maximum absolute atomic E-state index is 12.6. The van der Waals surface area contributed by atoms with Crippen LogP contribution in [-0.4, -0.2) is 49.3 Å². The van der Waals surface area contributed by atoms with Crippen molar-refractivity contribution in [3.05, 3.63) is 23.8 Å². The van der Waals surface area contributed by atoms with E-state index in [1.165, 1.54) is 12.1 Å². The summed E-state index contributed by atoms with van der Waals surface area (Å²) >= 11 is 0. The van der Waals surface area contributed by atoms with E-state index in [0.29, 0.717) is 38.9 Å². The highest BCUT2D eigenvalue weighted by atomic mass is 19.4. The van der Waals surface area contributed by atoms with Gasteiger partial charge in [-0.1, -0.05) is 0 Å². The molecule has 2 N–H and O–H groups in total. The van der Waals surface area contributed by atoms with Crippen LogP contribution in [0.15, 0.2) is 18.2 Å². The number of rotatable bonds is 4. The van der Waals surface area contributed by atoms with Crippen LogP contribution in [0.3, 0.4) is 0 Å². The average Bonchev–Trinajstić information content (AvgIpc) is 2.60. The Morgan fingerprint density at radius 3 is 2.52 bits per heavy atom. The summed E-state index contributed by atoms with van der Waals surface area (Å²) in [6.07, 6.45) is -2.21. The summed E-state index contributed by atoms with van der Waals surface area (Å²) < 4.78 is 41.2. The number of anilines is 1. The molecule has 1 aromatic carbocycles. The number of carbonyl (C=O) groups excluding carboxylic acids is 2. The second-order valence-corrected chi connectivity index (χ2v) is 6.92. The Morgan fingerprint density at radius 1 is 1.19 bits per heavy atom. The maximum atomic E-state index is 12.6. The second kappa shape index (κ2) is 7.66.